The van der Waals surface area contributed by atoms with Crippen LogP contribution in [0.3, 0.4) is 0 Å². The molecule has 0 saturated carbocycles. The van der Waals surface area contributed by atoms with Gasteiger partial charge in [-0.3, -0.25) is 9.59 Å². The molecule has 1 atom stereocenters. The minimum absolute atomic E-state index is 0.0530. The average molecular weight is 420 g/mol. The SMILES string of the molecule is O=C(NCCCOc1ccccc1)C1CC(=O)N(Cc2cccc(C(F)(F)F)c2)C1. The summed E-state index contributed by atoms with van der Waals surface area (Å²) >= 11 is 0. The molecule has 1 saturated heterocycles. The van der Waals surface area contributed by atoms with Gasteiger partial charge in [-0.05, 0) is 36.2 Å². The lowest BCUT2D eigenvalue weighted by molar-refractivity contribution is -0.137. The highest BCUT2D eigenvalue weighted by Crippen LogP contribution is 2.30. The Morgan fingerprint density at radius 3 is 2.63 bits per heavy atom. The number of alkyl halides is 3. The molecule has 0 spiro atoms. The number of hydrogen-bond acceptors (Lipinski definition) is 3. The Morgan fingerprint density at radius 2 is 1.90 bits per heavy atom. The topological polar surface area (TPSA) is 58.6 Å². The van der Waals surface area contributed by atoms with Crippen molar-refractivity contribution in [3.8, 4) is 5.75 Å². The van der Waals surface area contributed by atoms with Crippen molar-refractivity contribution in [2.24, 2.45) is 5.92 Å². The summed E-state index contributed by atoms with van der Waals surface area (Å²) in [6.45, 7) is 1.12. The second-order valence-corrected chi connectivity index (χ2v) is 7.18. The predicted octanol–water partition coefficient (Wildman–Crippen LogP) is 3.64. The van der Waals surface area contributed by atoms with Crippen molar-refractivity contribution in [1.29, 1.82) is 0 Å². The first kappa shape index (κ1) is 21.7. The van der Waals surface area contributed by atoms with Crippen LogP contribution in [-0.2, 0) is 22.3 Å². The zero-order valence-corrected chi connectivity index (χ0v) is 16.3. The minimum atomic E-state index is -4.43. The van der Waals surface area contributed by atoms with Crippen LogP contribution < -0.4 is 10.1 Å². The molecule has 2 amide bonds. The van der Waals surface area contributed by atoms with Crippen molar-refractivity contribution < 1.29 is 27.5 Å². The van der Waals surface area contributed by atoms with Crippen LogP contribution in [0, 0.1) is 5.92 Å². The third kappa shape index (κ3) is 5.98. The molecule has 2 aromatic rings. The van der Waals surface area contributed by atoms with Gasteiger partial charge in [0.25, 0.3) is 0 Å². The molecule has 1 aliphatic heterocycles. The van der Waals surface area contributed by atoms with E-state index < -0.39 is 17.7 Å². The zero-order chi connectivity index (χ0) is 21.6. The number of carbonyl (C=O) groups is 2. The van der Waals surface area contributed by atoms with Gasteiger partial charge in [-0.1, -0.05) is 30.3 Å². The van der Waals surface area contributed by atoms with E-state index in [-0.39, 0.29) is 31.3 Å². The van der Waals surface area contributed by atoms with E-state index in [4.69, 9.17) is 4.74 Å². The van der Waals surface area contributed by atoms with E-state index in [1.165, 1.54) is 11.0 Å². The standard InChI is InChI=1S/C22H23F3N2O3/c23-22(24,25)18-7-4-6-16(12-18)14-27-15-17(13-20(27)28)21(29)26-10-5-11-30-19-8-2-1-3-9-19/h1-4,6-9,12,17H,5,10-11,13-15H2,(H,26,29). The van der Waals surface area contributed by atoms with Gasteiger partial charge in [0.05, 0.1) is 18.1 Å². The Balaban J connectivity index is 1.43. The molecule has 8 heteroatoms. The second-order valence-electron chi connectivity index (χ2n) is 7.18. The smallest absolute Gasteiger partial charge is 0.416 e. The summed E-state index contributed by atoms with van der Waals surface area (Å²) in [7, 11) is 0. The summed E-state index contributed by atoms with van der Waals surface area (Å²) in [6, 6.07) is 14.2. The van der Waals surface area contributed by atoms with Crippen molar-refractivity contribution in [1.82, 2.24) is 10.2 Å². The van der Waals surface area contributed by atoms with E-state index in [0.29, 0.717) is 25.1 Å². The van der Waals surface area contributed by atoms with Gasteiger partial charge < -0.3 is 15.0 Å². The van der Waals surface area contributed by atoms with Gasteiger partial charge in [-0.25, -0.2) is 0 Å². The van der Waals surface area contributed by atoms with E-state index in [0.717, 1.165) is 17.9 Å². The summed E-state index contributed by atoms with van der Waals surface area (Å²) in [4.78, 5) is 26.0. The molecular weight excluding hydrogens is 397 g/mol. The molecule has 3 rings (SSSR count). The minimum Gasteiger partial charge on any atom is -0.494 e. The number of nitrogens with one attached hydrogen (secondary N) is 1. The highest BCUT2D eigenvalue weighted by molar-refractivity contribution is 5.89. The summed E-state index contributed by atoms with van der Waals surface area (Å²) < 4.78 is 44.1. The molecule has 1 heterocycles. The molecule has 0 aliphatic carbocycles. The highest BCUT2D eigenvalue weighted by Gasteiger charge is 2.35. The van der Waals surface area contributed by atoms with Gasteiger partial charge in [0.2, 0.25) is 11.8 Å². The molecule has 0 aromatic heterocycles. The summed E-state index contributed by atoms with van der Waals surface area (Å²) in [6.07, 6.45) is -3.75. The van der Waals surface area contributed by atoms with Gasteiger partial charge in [-0.15, -0.1) is 0 Å². The van der Waals surface area contributed by atoms with Crippen molar-refractivity contribution in [2.75, 3.05) is 19.7 Å². The molecule has 0 bridgehead atoms. The fourth-order valence-electron chi connectivity index (χ4n) is 3.30. The van der Waals surface area contributed by atoms with Crippen molar-refractivity contribution in [2.45, 2.75) is 25.6 Å². The Morgan fingerprint density at radius 1 is 1.13 bits per heavy atom. The number of ether oxygens (including phenoxy) is 1. The van der Waals surface area contributed by atoms with E-state index in [2.05, 4.69) is 5.32 Å². The number of rotatable bonds is 8. The van der Waals surface area contributed by atoms with Crippen LogP contribution in [0.1, 0.15) is 24.0 Å². The molecule has 2 aromatic carbocycles. The Labute approximate surface area is 172 Å². The Kier molecular flexibility index (Phi) is 6.97. The van der Waals surface area contributed by atoms with Crippen molar-refractivity contribution in [3.05, 3.63) is 65.7 Å². The van der Waals surface area contributed by atoms with Crippen LogP contribution in [0.15, 0.2) is 54.6 Å². The third-order valence-electron chi connectivity index (χ3n) is 4.85. The first-order valence-corrected chi connectivity index (χ1v) is 9.72. The molecule has 0 radical (unpaired) electrons. The molecule has 1 unspecified atom stereocenters. The lowest BCUT2D eigenvalue weighted by atomic mass is 10.1. The van der Waals surface area contributed by atoms with Gasteiger partial charge in [0.15, 0.2) is 0 Å². The maximum Gasteiger partial charge on any atom is 0.416 e. The summed E-state index contributed by atoms with van der Waals surface area (Å²) in [5, 5.41) is 2.80. The maximum absolute atomic E-state index is 12.9. The molecular formula is C22H23F3N2O3. The van der Waals surface area contributed by atoms with Crippen molar-refractivity contribution in [3.63, 3.8) is 0 Å². The van der Waals surface area contributed by atoms with E-state index in [1.807, 2.05) is 30.3 Å². The van der Waals surface area contributed by atoms with E-state index in [9.17, 15) is 22.8 Å². The molecule has 1 N–H and O–H groups in total. The first-order valence-electron chi connectivity index (χ1n) is 9.72. The fourth-order valence-corrected chi connectivity index (χ4v) is 3.30. The number of nitrogens with zero attached hydrogens (tertiary/aromatic N) is 1. The van der Waals surface area contributed by atoms with Gasteiger partial charge in [0, 0.05) is 26.1 Å². The lowest BCUT2D eigenvalue weighted by Gasteiger charge is -2.17. The largest absolute Gasteiger partial charge is 0.494 e. The quantitative estimate of drug-likeness (QED) is 0.664. The zero-order valence-electron chi connectivity index (χ0n) is 16.3. The second kappa shape index (κ2) is 9.65. The number of halogens is 3. The predicted molar refractivity (Wildman–Crippen MR) is 105 cm³/mol. The monoisotopic (exact) mass is 420 g/mol. The fraction of sp³-hybridized carbons (Fsp3) is 0.364. The molecule has 1 aliphatic rings. The highest BCUT2D eigenvalue weighted by atomic mass is 19.4. The average Bonchev–Trinajstić information content (AvgIpc) is 3.08. The number of hydrogen-bond donors (Lipinski definition) is 1. The normalized spacial score (nSPS) is 16.6. The Hall–Kier alpha value is -3.03. The first-order chi connectivity index (χ1) is 14.3. The van der Waals surface area contributed by atoms with Crippen LogP contribution in [0.2, 0.25) is 0 Å². The lowest BCUT2D eigenvalue weighted by Crippen LogP contribution is -2.33. The van der Waals surface area contributed by atoms with Gasteiger partial charge in [-0.2, -0.15) is 13.2 Å². The van der Waals surface area contributed by atoms with Gasteiger partial charge >= 0.3 is 6.18 Å². The Bertz CT molecular complexity index is 871. The summed E-state index contributed by atoms with van der Waals surface area (Å²) in [5.74, 6) is -0.205. The number of likely N-dealkylation sites (tertiary alicyclic amines) is 1. The number of amides is 2. The number of benzene rings is 2. The number of para-hydroxylation sites is 1. The van der Waals surface area contributed by atoms with Crippen LogP contribution in [-0.4, -0.2) is 36.4 Å². The molecule has 30 heavy (non-hydrogen) atoms. The van der Waals surface area contributed by atoms with E-state index >= 15 is 0 Å². The third-order valence-corrected chi connectivity index (χ3v) is 4.85. The maximum atomic E-state index is 12.9. The van der Waals surface area contributed by atoms with Crippen molar-refractivity contribution >= 4 is 11.8 Å². The molecule has 1 fully saturated rings. The summed E-state index contributed by atoms with van der Waals surface area (Å²) in [5.41, 5.74) is -0.365. The van der Waals surface area contributed by atoms with Gasteiger partial charge in [0.1, 0.15) is 5.75 Å². The van der Waals surface area contributed by atoms with Crippen LogP contribution in [0.5, 0.6) is 5.75 Å². The van der Waals surface area contributed by atoms with Crippen LogP contribution >= 0.6 is 0 Å². The van der Waals surface area contributed by atoms with Crippen LogP contribution in [0.4, 0.5) is 13.2 Å². The van der Waals surface area contributed by atoms with Crippen LogP contribution in [0.25, 0.3) is 0 Å². The van der Waals surface area contributed by atoms with E-state index in [1.54, 1.807) is 6.07 Å². The molecule has 5 nitrogen and oxygen atoms in total. The number of carbonyl (C=O) groups excluding carboxylic acids is 2. The molecule has 160 valence electrons.